The Morgan fingerprint density at radius 1 is 0.909 bits per heavy atom. The number of carbonyl (C=O) groups excluding carboxylic acids is 3. The molecule has 1 unspecified atom stereocenters. The van der Waals surface area contributed by atoms with Gasteiger partial charge in [-0.1, -0.05) is 18.2 Å². The van der Waals surface area contributed by atoms with E-state index in [0.717, 1.165) is 22.3 Å². The van der Waals surface area contributed by atoms with E-state index in [1.54, 1.807) is 44.5 Å². The lowest BCUT2D eigenvalue weighted by Crippen LogP contribution is -2.51. The number of anilines is 2. The molecule has 236 valence electrons. The number of pyridine rings is 1. The molecule has 11 heteroatoms. The Bertz CT molecular complexity index is 1460. The minimum absolute atomic E-state index is 0.131. The largest absolute Gasteiger partial charge is 0.481 e. The maximum Gasteiger partial charge on any atom is 0.331 e. The standard InChI is InChI=1S/C33H42N4O7/c1-19-14-22(18-41-7)15-20(2)28(19)37-32(40)35-26-16-23(24-11-13-27(42-8)34-17-24)10-12-25(26)30(38)36-29(31(39)43-9)21(3)44-33(4,5)6/h10-17,21,29H,18H2,1-9H3,(H,36,38)(H2,35,37,40)/t21?,29-/m0/s1. The van der Waals surface area contributed by atoms with Crippen molar-refractivity contribution in [1.82, 2.24) is 10.3 Å². The van der Waals surface area contributed by atoms with Gasteiger partial charge in [0.25, 0.3) is 5.91 Å². The van der Waals surface area contributed by atoms with Gasteiger partial charge in [0, 0.05) is 30.6 Å². The van der Waals surface area contributed by atoms with Crippen molar-refractivity contribution in [3.8, 4) is 17.0 Å². The van der Waals surface area contributed by atoms with Gasteiger partial charge in [-0.25, -0.2) is 14.6 Å². The highest BCUT2D eigenvalue weighted by atomic mass is 16.5. The van der Waals surface area contributed by atoms with Crippen LogP contribution in [0.5, 0.6) is 5.88 Å². The molecule has 0 radical (unpaired) electrons. The molecule has 0 aliphatic rings. The first-order valence-electron chi connectivity index (χ1n) is 14.1. The number of aryl methyl sites for hydroxylation is 2. The molecule has 11 nitrogen and oxygen atoms in total. The van der Waals surface area contributed by atoms with E-state index in [1.807, 2.05) is 52.8 Å². The number of esters is 1. The van der Waals surface area contributed by atoms with Gasteiger partial charge in [-0.05, 0) is 82.0 Å². The topological polar surface area (TPSA) is 137 Å². The number of hydrogen-bond donors (Lipinski definition) is 3. The molecule has 44 heavy (non-hydrogen) atoms. The number of aromatic nitrogens is 1. The molecule has 1 aromatic heterocycles. The number of carbonyl (C=O) groups is 3. The monoisotopic (exact) mass is 606 g/mol. The average Bonchev–Trinajstić information content (AvgIpc) is 2.96. The smallest absolute Gasteiger partial charge is 0.331 e. The van der Waals surface area contributed by atoms with Crippen molar-refractivity contribution in [2.24, 2.45) is 0 Å². The summed E-state index contributed by atoms with van der Waals surface area (Å²) in [7, 11) is 4.39. The van der Waals surface area contributed by atoms with E-state index in [2.05, 4.69) is 20.9 Å². The van der Waals surface area contributed by atoms with Crippen LogP contribution in [0.15, 0.2) is 48.7 Å². The summed E-state index contributed by atoms with van der Waals surface area (Å²) in [6.07, 6.45) is 0.924. The predicted octanol–water partition coefficient (Wildman–Crippen LogP) is 5.64. The summed E-state index contributed by atoms with van der Waals surface area (Å²) < 4.78 is 21.3. The first kappa shape index (κ1) is 34.0. The van der Waals surface area contributed by atoms with Crippen LogP contribution in [0.2, 0.25) is 0 Å². The first-order chi connectivity index (χ1) is 20.8. The second-order valence-electron chi connectivity index (χ2n) is 11.4. The van der Waals surface area contributed by atoms with Crippen molar-refractivity contribution >= 4 is 29.3 Å². The summed E-state index contributed by atoms with van der Waals surface area (Å²) in [6.45, 7) is 11.5. The lowest BCUT2D eigenvalue weighted by Gasteiger charge is -2.30. The van der Waals surface area contributed by atoms with Crippen LogP contribution in [-0.4, -0.2) is 62.0 Å². The molecule has 3 rings (SSSR count). The third kappa shape index (κ3) is 9.01. The van der Waals surface area contributed by atoms with Crippen LogP contribution < -0.4 is 20.7 Å². The summed E-state index contributed by atoms with van der Waals surface area (Å²) in [5.41, 5.74) is 4.54. The predicted molar refractivity (Wildman–Crippen MR) is 169 cm³/mol. The fourth-order valence-corrected chi connectivity index (χ4v) is 4.80. The van der Waals surface area contributed by atoms with Gasteiger partial charge in [-0.3, -0.25) is 4.79 Å². The minimum atomic E-state index is -1.10. The van der Waals surface area contributed by atoms with E-state index in [9.17, 15) is 14.4 Å². The number of benzene rings is 2. The van der Waals surface area contributed by atoms with E-state index < -0.39 is 35.7 Å². The molecule has 0 spiro atoms. The van der Waals surface area contributed by atoms with E-state index in [4.69, 9.17) is 18.9 Å². The van der Waals surface area contributed by atoms with E-state index in [-0.39, 0.29) is 11.3 Å². The molecule has 3 aromatic rings. The second kappa shape index (κ2) is 14.8. The summed E-state index contributed by atoms with van der Waals surface area (Å²) >= 11 is 0. The van der Waals surface area contributed by atoms with Crippen molar-refractivity contribution in [3.63, 3.8) is 0 Å². The molecule has 2 atom stereocenters. The zero-order valence-corrected chi connectivity index (χ0v) is 26.8. The lowest BCUT2D eigenvalue weighted by molar-refractivity contribution is -0.150. The van der Waals surface area contributed by atoms with Crippen LogP contribution in [0.4, 0.5) is 16.2 Å². The van der Waals surface area contributed by atoms with E-state index >= 15 is 0 Å². The van der Waals surface area contributed by atoms with E-state index in [1.165, 1.54) is 14.2 Å². The first-order valence-corrected chi connectivity index (χ1v) is 14.1. The molecule has 3 amide bonds. The quantitative estimate of drug-likeness (QED) is 0.239. The Balaban J connectivity index is 1.98. The molecule has 0 saturated heterocycles. The molecule has 1 heterocycles. The number of amides is 3. The van der Waals surface area contributed by atoms with Crippen LogP contribution in [-0.2, 0) is 25.6 Å². The zero-order valence-electron chi connectivity index (χ0n) is 26.8. The number of hydrogen-bond acceptors (Lipinski definition) is 8. The minimum Gasteiger partial charge on any atom is -0.481 e. The van der Waals surface area contributed by atoms with Gasteiger partial charge in [0.2, 0.25) is 5.88 Å². The Labute approximate surface area is 258 Å². The summed E-state index contributed by atoms with van der Waals surface area (Å²) in [6, 6.07) is 10.7. The van der Waals surface area contributed by atoms with Gasteiger partial charge in [0.15, 0.2) is 6.04 Å². The van der Waals surface area contributed by atoms with E-state index in [0.29, 0.717) is 23.7 Å². The number of nitrogens with one attached hydrogen (secondary N) is 3. The Hall–Kier alpha value is -4.48. The highest BCUT2D eigenvalue weighted by Crippen LogP contribution is 2.28. The van der Waals surface area contributed by atoms with Gasteiger partial charge in [-0.2, -0.15) is 0 Å². The van der Waals surface area contributed by atoms with Gasteiger partial charge >= 0.3 is 12.0 Å². The molecule has 0 saturated carbocycles. The summed E-state index contributed by atoms with van der Waals surface area (Å²) in [5.74, 6) is -0.813. The Kier molecular flexibility index (Phi) is 11.4. The number of rotatable bonds is 11. The van der Waals surface area contributed by atoms with Crippen molar-refractivity contribution in [2.75, 3.05) is 32.0 Å². The SMILES string of the molecule is COCc1cc(C)c(NC(=O)Nc2cc(-c3ccc(OC)nc3)ccc2C(=O)N[C@H](C(=O)OC)C(C)OC(C)(C)C)c(C)c1. The maximum absolute atomic E-state index is 13.7. The molecule has 0 fully saturated rings. The molecular weight excluding hydrogens is 564 g/mol. The van der Waals surface area contributed by atoms with Gasteiger partial charge in [-0.15, -0.1) is 0 Å². The molecule has 0 bridgehead atoms. The van der Waals surface area contributed by atoms with Crippen molar-refractivity contribution < 1.29 is 33.3 Å². The van der Waals surface area contributed by atoms with Gasteiger partial charge in [0.05, 0.1) is 43.8 Å². The summed E-state index contributed by atoms with van der Waals surface area (Å²) in [5, 5.41) is 8.46. The third-order valence-corrected chi connectivity index (χ3v) is 6.68. The summed E-state index contributed by atoms with van der Waals surface area (Å²) in [4.78, 5) is 43.9. The second-order valence-corrected chi connectivity index (χ2v) is 11.4. The number of ether oxygens (including phenoxy) is 4. The zero-order chi connectivity index (χ0) is 32.6. The third-order valence-electron chi connectivity index (χ3n) is 6.68. The molecule has 0 aliphatic carbocycles. The molecule has 3 N–H and O–H groups in total. The maximum atomic E-state index is 13.7. The van der Waals surface area contributed by atoms with Crippen molar-refractivity contribution in [1.29, 1.82) is 0 Å². The highest BCUT2D eigenvalue weighted by molar-refractivity contribution is 6.08. The fourth-order valence-electron chi connectivity index (χ4n) is 4.80. The normalized spacial score (nSPS) is 12.6. The lowest BCUT2D eigenvalue weighted by atomic mass is 10.0. The Morgan fingerprint density at radius 3 is 2.11 bits per heavy atom. The fraction of sp³-hybridized carbons (Fsp3) is 0.394. The van der Waals surface area contributed by atoms with Crippen molar-refractivity contribution in [3.05, 3.63) is 70.9 Å². The van der Waals surface area contributed by atoms with Crippen LogP contribution in [0, 0.1) is 13.8 Å². The average molecular weight is 607 g/mol. The number of nitrogens with zero attached hydrogens (tertiary/aromatic N) is 1. The molecule has 2 aromatic carbocycles. The van der Waals surface area contributed by atoms with Crippen LogP contribution >= 0.6 is 0 Å². The number of urea groups is 1. The van der Waals surface area contributed by atoms with Crippen molar-refractivity contribution in [2.45, 2.75) is 65.9 Å². The Morgan fingerprint density at radius 2 is 1.57 bits per heavy atom. The highest BCUT2D eigenvalue weighted by Gasteiger charge is 2.32. The van der Waals surface area contributed by atoms with Crippen LogP contribution in [0.25, 0.3) is 11.1 Å². The van der Waals surface area contributed by atoms with Crippen LogP contribution in [0.1, 0.15) is 54.7 Å². The van der Waals surface area contributed by atoms with Gasteiger partial charge < -0.3 is 34.9 Å². The molecular formula is C33H42N4O7. The number of methoxy groups -OCH3 is 3. The van der Waals surface area contributed by atoms with Crippen LogP contribution in [0.3, 0.4) is 0 Å². The molecule has 0 aliphatic heterocycles. The van der Waals surface area contributed by atoms with Gasteiger partial charge in [0.1, 0.15) is 0 Å².